The molecular formula is C7H4Br2O2. The average Bonchev–Trinajstić information content (AvgIpc) is 1.93. The molecule has 0 unspecified atom stereocenters. The lowest BCUT2D eigenvalue weighted by molar-refractivity contribution is 0.228. The van der Waals surface area contributed by atoms with Gasteiger partial charge in [-0.1, -0.05) is 15.9 Å². The Bertz CT molecular complexity index is 256. The number of hydrogen-bond donors (Lipinski definition) is 0. The fourth-order valence-electron chi connectivity index (χ4n) is 0.595. The van der Waals surface area contributed by atoms with Crippen LogP contribution < -0.4 is 4.74 Å². The van der Waals surface area contributed by atoms with Gasteiger partial charge in [-0.15, -0.1) is 0 Å². The van der Waals surface area contributed by atoms with Crippen molar-refractivity contribution in [3.05, 3.63) is 28.7 Å². The minimum absolute atomic E-state index is 0.486. The predicted molar refractivity (Wildman–Crippen MR) is 49.1 cm³/mol. The van der Waals surface area contributed by atoms with Gasteiger partial charge >= 0.3 is 4.88 Å². The largest absolute Gasteiger partial charge is 0.418 e. The lowest BCUT2D eigenvalue weighted by Crippen LogP contribution is -1.94. The molecule has 0 saturated carbocycles. The average molecular weight is 280 g/mol. The first-order valence-electron chi connectivity index (χ1n) is 2.81. The van der Waals surface area contributed by atoms with Crippen molar-refractivity contribution in [2.75, 3.05) is 0 Å². The van der Waals surface area contributed by atoms with E-state index < -0.39 is 4.88 Å². The minimum atomic E-state index is -0.486. The molecule has 0 spiro atoms. The van der Waals surface area contributed by atoms with Crippen molar-refractivity contribution in [1.29, 1.82) is 0 Å². The van der Waals surface area contributed by atoms with E-state index in [2.05, 4.69) is 31.9 Å². The van der Waals surface area contributed by atoms with Gasteiger partial charge in [0.05, 0.1) is 0 Å². The molecule has 0 heterocycles. The van der Waals surface area contributed by atoms with Crippen LogP contribution in [0.25, 0.3) is 0 Å². The topological polar surface area (TPSA) is 26.3 Å². The van der Waals surface area contributed by atoms with Crippen LogP contribution in [0.15, 0.2) is 28.7 Å². The molecule has 58 valence electrons. The summed E-state index contributed by atoms with van der Waals surface area (Å²) in [4.78, 5) is 9.89. The molecule has 0 aliphatic heterocycles. The van der Waals surface area contributed by atoms with Crippen LogP contribution in [0.1, 0.15) is 0 Å². The Labute approximate surface area is 80.8 Å². The van der Waals surface area contributed by atoms with Crippen LogP contribution in [0.4, 0.5) is 4.79 Å². The summed E-state index contributed by atoms with van der Waals surface area (Å²) in [5, 5.41) is 0. The summed E-state index contributed by atoms with van der Waals surface area (Å²) >= 11 is 5.92. The molecule has 0 amide bonds. The lowest BCUT2D eigenvalue weighted by Gasteiger charge is -1.97. The normalized spacial score (nSPS) is 9.27. The highest BCUT2D eigenvalue weighted by Gasteiger charge is 1.97. The SMILES string of the molecule is O=C(Br)Oc1ccc(Br)cc1. The van der Waals surface area contributed by atoms with E-state index >= 15 is 0 Å². The van der Waals surface area contributed by atoms with Crippen LogP contribution in [-0.4, -0.2) is 4.88 Å². The summed E-state index contributed by atoms with van der Waals surface area (Å²) in [7, 11) is 0. The Morgan fingerprint density at radius 2 is 1.82 bits per heavy atom. The van der Waals surface area contributed by atoms with Crippen molar-refractivity contribution < 1.29 is 9.53 Å². The molecule has 0 aromatic heterocycles. The van der Waals surface area contributed by atoms with Crippen LogP contribution in [0.3, 0.4) is 0 Å². The first kappa shape index (κ1) is 8.74. The van der Waals surface area contributed by atoms with Crippen LogP contribution in [0, 0.1) is 0 Å². The van der Waals surface area contributed by atoms with Gasteiger partial charge in [0.15, 0.2) is 0 Å². The number of carbonyl (C=O) groups is 1. The van der Waals surface area contributed by atoms with E-state index in [-0.39, 0.29) is 0 Å². The molecule has 1 rings (SSSR count). The van der Waals surface area contributed by atoms with E-state index in [1.807, 2.05) is 0 Å². The van der Waals surface area contributed by atoms with Crippen molar-refractivity contribution >= 4 is 36.7 Å². The van der Waals surface area contributed by atoms with E-state index in [1.54, 1.807) is 24.3 Å². The Balaban J connectivity index is 2.74. The van der Waals surface area contributed by atoms with Gasteiger partial charge in [-0.25, -0.2) is 4.79 Å². The molecule has 0 aliphatic rings. The first-order valence-corrected chi connectivity index (χ1v) is 4.40. The zero-order valence-corrected chi connectivity index (χ0v) is 8.55. The maximum atomic E-state index is 10.4. The second-order valence-corrected chi connectivity index (χ2v) is 3.36. The lowest BCUT2D eigenvalue weighted by atomic mass is 10.3. The Hall–Kier alpha value is -0.350. The van der Waals surface area contributed by atoms with Gasteiger partial charge in [0.25, 0.3) is 0 Å². The molecule has 0 N–H and O–H groups in total. The second kappa shape index (κ2) is 3.88. The first-order chi connectivity index (χ1) is 5.18. The van der Waals surface area contributed by atoms with Gasteiger partial charge in [0.1, 0.15) is 5.75 Å². The van der Waals surface area contributed by atoms with Crippen LogP contribution in [-0.2, 0) is 0 Å². The summed E-state index contributed by atoms with van der Waals surface area (Å²) in [5.41, 5.74) is 0. The van der Waals surface area contributed by atoms with E-state index in [0.29, 0.717) is 5.75 Å². The van der Waals surface area contributed by atoms with Crippen molar-refractivity contribution in [2.45, 2.75) is 0 Å². The zero-order chi connectivity index (χ0) is 8.27. The van der Waals surface area contributed by atoms with E-state index in [9.17, 15) is 4.79 Å². The fraction of sp³-hybridized carbons (Fsp3) is 0. The van der Waals surface area contributed by atoms with E-state index in [1.165, 1.54) is 0 Å². The standard InChI is InChI=1S/C7H4Br2O2/c8-5-1-3-6(4-2-5)11-7(9)10/h1-4H. The Morgan fingerprint density at radius 1 is 1.27 bits per heavy atom. The molecular weight excluding hydrogens is 276 g/mol. The molecule has 0 radical (unpaired) electrons. The molecule has 11 heavy (non-hydrogen) atoms. The van der Waals surface area contributed by atoms with Crippen molar-refractivity contribution in [2.24, 2.45) is 0 Å². The highest BCUT2D eigenvalue weighted by atomic mass is 79.9. The monoisotopic (exact) mass is 278 g/mol. The maximum absolute atomic E-state index is 10.4. The van der Waals surface area contributed by atoms with Gasteiger partial charge < -0.3 is 4.74 Å². The minimum Gasteiger partial charge on any atom is -0.418 e. The quantitative estimate of drug-likeness (QED) is 0.737. The van der Waals surface area contributed by atoms with Crippen molar-refractivity contribution in [3.63, 3.8) is 0 Å². The summed E-state index contributed by atoms with van der Waals surface area (Å²) in [6, 6.07) is 6.99. The molecule has 1 aromatic rings. The Morgan fingerprint density at radius 3 is 2.27 bits per heavy atom. The molecule has 2 nitrogen and oxygen atoms in total. The van der Waals surface area contributed by atoms with Gasteiger partial charge in [-0.3, -0.25) is 0 Å². The number of halogens is 2. The van der Waals surface area contributed by atoms with Gasteiger partial charge in [0.2, 0.25) is 0 Å². The third-order valence-electron chi connectivity index (χ3n) is 1.01. The van der Waals surface area contributed by atoms with Crippen molar-refractivity contribution in [1.82, 2.24) is 0 Å². The molecule has 0 aliphatic carbocycles. The molecule has 1 aromatic carbocycles. The van der Waals surface area contributed by atoms with Crippen LogP contribution in [0.5, 0.6) is 5.75 Å². The fourth-order valence-corrected chi connectivity index (χ4v) is 1.05. The van der Waals surface area contributed by atoms with Crippen LogP contribution in [0.2, 0.25) is 0 Å². The zero-order valence-electron chi connectivity index (χ0n) is 5.38. The third-order valence-corrected chi connectivity index (χ3v) is 1.70. The summed E-state index contributed by atoms with van der Waals surface area (Å²) in [6.45, 7) is 0. The molecule has 0 bridgehead atoms. The third kappa shape index (κ3) is 3.03. The number of carbonyl (C=O) groups excluding carboxylic acids is 1. The second-order valence-electron chi connectivity index (χ2n) is 1.79. The highest BCUT2D eigenvalue weighted by molar-refractivity contribution is 9.18. The molecule has 0 fully saturated rings. The predicted octanol–water partition coefficient (Wildman–Crippen LogP) is 3.34. The van der Waals surface area contributed by atoms with Gasteiger partial charge in [-0.05, 0) is 24.3 Å². The van der Waals surface area contributed by atoms with Crippen molar-refractivity contribution in [3.8, 4) is 5.75 Å². The smallest absolute Gasteiger partial charge is 0.379 e. The number of benzene rings is 1. The van der Waals surface area contributed by atoms with Crippen LogP contribution >= 0.6 is 31.9 Å². The Kier molecular flexibility index (Phi) is 3.08. The number of hydrogen-bond acceptors (Lipinski definition) is 2. The van der Waals surface area contributed by atoms with Gasteiger partial charge in [0, 0.05) is 20.4 Å². The van der Waals surface area contributed by atoms with E-state index in [0.717, 1.165) is 4.47 Å². The molecule has 0 atom stereocenters. The summed E-state index contributed by atoms with van der Waals surface area (Å²) in [5.74, 6) is 0.523. The van der Waals surface area contributed by atoms with Gasteiger partial charge in [-0.2, -0.15) is 0 Å². The molecule has 4 heteroatoms. The number of rotatable bonds is 1. The summed E-state index contributed by atoms with van der Waals surface area (Å²) < 4.78 is 5.68. The summed E-state index contributed by atoms with van der Waals surface area (Å²) in [6.07, 6.45) is 0. The number of ether oxygens (including phenoxy) is 1. The highest BCUT2D eigenvalue weighted by Crippen LogP contribution is 2.16. The maximum Gasteiger partial charge on any atom is 0.379 e. The van der Waals surface area contributed by atoms with E-state index in [4.69, 9.17) is 4.74 Å². The molecule has 0 saturated heterocycles.